The Morgan fingerprint density at radius 2 is 2.33 bits per heavy atom. The molecule has 3 heteroatoms. The lowest BCUT2D eigenvalue weighted by atomic mass is 10.1. The van der Waals surface area contributed by atoms with E-state index in [4.69, 9.17) is 10.3 Å². The maximum absolute atomic E-state index is 5.48. The predicted octanol–water partition coefficient (Wildman–Crippen LogP) is 1.59. The van der Waals surface area contributed by atoms with Gasteiger partial charge in [-0.1, -0.05) is 11.2 Å². The van der Waals surface area contributed by atoms with E-state index in [1.165, 1.54) is 5.56 Å². The molecule has 2 N–H and O–H groups in total. The molecule has 0 aliphatic rings. The number of nitrogens with zero attached hydrogens (tertiary/aromatic N) is 1. The minimum absolute atomic E-state index is 0.427. The largest absolute Gasteiger partial charge is 0.356 e. The van der Waals surface area contributed by atoms with Crippen LogP contribution in [0.1, 0.15) is 11.3 Å². The molecule has 2 aromatic rings. The van der Waals surface area contributed by atoms with Crippen LogP contribution in [0.5, 0.6) is 0 Å². The summed E-state index contributed by atoms with van der Waals surface area (Å²) in [4.78, 5) is 0. The molecule has 62 valence electrons. The van der Waals surface area contributed by atoms with Gasteiger partial charge < -0.3 is 10.3 Å². The summed E-state index contributed by atoms with van der Waals surface area (Å²) in [6, 6.07) is 5.98. The standard InChI is InChI=1S/C9H10N2O/c1-6-2-3-7-8(5-10)11-12-9(7)4-6/h2-4H,5,10H2,1H3. The number of nitrogens with two attached hydrogens (primary N) is 1. The van der Waals surface area contributed by atoms with Crippen molar-refractivity contribution in [2.24, 2.45) is 5.73 Å². The van der Waals surface area contributed by atoms with Crippen molar-refractivity contribution in [2.45, 2.75) is 13.5 Å². The second kappa shape index (κ2) is 2.60. The van der Waals surface area contributed by atoms with E-state index >= 15 is 0 Å². The third kappa shape index (κ3) is 0.987. The summed E-state index contributed by atoms with van der Waals surface area (Å²) < 4.78 is 5.09. The highest BCUT2D eigenvalue weighted by Crippen LogP contribution is 2.18. The number of fused-ring (bicyclic) bond motifs is 1. The number of aryl methyl sites for hydroxylation is 1. The summed E-state index contributed by atoms with van der Waals surface area (Å²) in [5.41, 5.74) is 8.28. The van der Waals surface area contributed by atoms with Gasteiger partial charge in [0.05, 0.1) is 0 Å². The summed E-state index contributed by atoms with van der Waals surface area (Å²) >= 11 is 0. The van der Waals surface area contributed by atoms with Gasteiger partial charge in [0.25, 0.3) is 0 Å². The quantitative estimate of drug-likeness (QED) is 0.692. The van der Waals surface area contributed by atoms with Gasteiger partial charge in [-0.05, 0) is 24.6 Å². The number of rotatable bonds is 1. The van der Waals surface area contributed by atoms with Crippen molar-refractivity contribution < 1.29 is 4.52 Å². The Hall–Kier alpha value is -1.35. The number of hydrogen-bond donors (Lipinski definition) is 1. The first-order valence-corrected chi connectivity index (χ1v) is 3.86. The van der Waals surface area contributed by atoms with Crippen LogP contribution in [-0.4, -0.2) is 5.16 Å². The SMILES string of the molecule is Cc1ccc2c(CN)noc2c1. The van der Waals surface area contributed by atoms with Crippen LogP contribution in [-0.2, 0) is 6.54 Å². The van der Waals surface area contributed by atoms with Crippen molar-refractivity contribution in [1.29, 1.82) is 0 Å². The van der Waals surface area contributed by atoms with Crippen LogP contribution >= 0.6 is 0 Å². The Morgan fingerprint density at radius 3 is 3.08 bits per heavy atom. The summed E-state index contributed by atoms with van der Waals surface area (Å²) in [5, 5.41) is 4.87. The van der Waals surface area contributed by atoms with Crippen LogP contribution in [0.25, 0.3) is 11.0 Å². The lowest BCUT2D eigenvalue weighted by molar-refractivity contribution is 0.446. The molecule has 0 atom stereocenters. The molecule has 3 nitrogen and oxygen atoms in total. The molecule has 0 aliphatic carbocycles. The average Bonchev–Trinajstić information content (AvgIpc) is 2.46. The summed E-state index contributed by atoms with van der Waals surface area (Å²) in [6.07, 6.45) is 0. The molecule has 12 heavy (non-hydrogen) atoms. The lowest BCUT2D eigenvalue weighted by Gasteiger charge is -1.90. The van der Waals surface area contributed by atoms with E-state index in [1.54, 1.807) is 0 Å². The van der Waals surface area contributed by atoms with E-state index in [2.05, 4.69) is 5.16 Å². The van der Waals surface area contributed by atoms with Crippen molar-refractivity contribution in [3.63, 3.8) is 0 Å². The van der Waals surface area contributed by atoms with Gasteiger partial charge in [-0.15, -0.1) is 0 Å². The molecule has 2 rings (SSSR count). The van der Waals surface area contributed by atoms with Crippen LogP contribution in [0.3, 0.4) is 0 Å². The minimum Gasteiger partial charge on any atom is -0.356 e. The van der Waals surface area contributed by atoms with Gasteiger partial charge in [0.15, 0.2) is 5.58 Å². The van der Waals surface area contributed by atoms with Crippen molar-refractivity contribution in [2.75, 3.05) is 0 Å². The highest BCUT2D eigenvalue weighted by Gasteiger charge is 2.04. The zero-order chi connectivity index (χ0) is 8.55. The first kappa shape index (κ1) is 7.31. The monoisotopic (exact) mass is 162 g/mol. The molecule has 0 saturated carbocycles. The predicted molar refractivity (Wildman–Crippen MR) is 46.6 cm³/mol. The third-order valence-corrected chi connectivity index (χ3v) is 1.90. The molecule has 0 spiro atoms. The van der Waals surface area contributed by atoms with E-state index in [0.717, 1.165) is 16.7 Å². The van der Waals surface area contributed by atoms with Gasteiger partial charge in [0.1, 0.15) is 5.69 Å². The smallest absolute Gasteiger partial charge is 0.167 e. The zero-order valence-corrected chi connectivity index (χ0v) is 6.87. The number of hydrogen-bond acceptors (Lipinski definition) is 3. The van der Waals surface area contributed by atoms with Crippen molar-refractivity contribution in [3.8, 4) is 0 Å². The van der Waals surface area contributed by atoms with Crippen LogP contribution in [0.15, 0.2) is 22.7 Å². The Morgan fingerprint density at radius 1 is 1.50 bits per heavy atom. The first-order chi connectivity index (χ1) is 5.81. The molecule has 0 aliphatic heterocycles. The maximum atomic E-state index is 5.48. The number of aromatic nitrogens is 1. The van der Waals surface area contributed by atoms with Crippen molar-refractivity contribution in [1.82, 2.24) is 5.16 Å². The van der Waals surface area contributed by atoms with Gasteiger partial charge >= 0.3 is 0 Å². The summed E-state index contributed by atoms with van der Waals surface area (Å²) in [7, 11) is 0. The normalized spacial score (nSPS) is 10.8. The molecule has 0 amide bonds. The molecule has 1 aromatic carbocycles. The lowest BCUT2D eigenvalue weighted by Crippen LogP contribution is -1.96. The Bertz CT molecular complexity index is 406. The molecule has 0 fully saturated rings. The molecular weight excluding hydrogens is 152 g/mol. The Balaban J connectivity index is 2.73. The Labute approximate surface area is 70.1 Å². The minimum atomic E-state index is 0.427. The van der Waals surface area contributed by atoms with Crippen LogP contribution in [0.4, 0.5) is 0 Å². The first-order valence-electron chi connectivity index (χ1n) is 3.86. The van der Waals surface area contributed by atoms with Gasteiger partial charge in [0.2, 0.25) is 0 Å². The molecule has 0 saturated heterocycles. The molecule has 0 radical (unpaired) electrons. The summed E-state index contributed by atoms with van der Waals surface area (Å²) in [6.45, 7) is 2.44. The van der Waals surface area contributed by atoms with E-state index in [0.29, 0.717) is 6.54 Å². The second-order valence-corrected chi connectivity index (χ2v) is 2.83. The number of benzene rings is 1. The van der Waals surface area contributed by atoms with Crippen LogP contribution in [0, 0.1) is 6.92 Å². The van der Waals surface area contributed by atoms with Gasteiger partial charge in [-0.3, -0.25) is 0 Å². The molecule has 1 aromatic heterocycles. The van der Waals surface area contributed by atoms with Crippen LogP contribution < -0.4 is 5.73 Å². The third-order valence-electron chi connectivity index (χ3n) is 1.90. The van der Waals surface area contributed by atoms with Crippen molar-refractivity contribution in [3.05, 3.63) is 29.5 Å². The average molecular weight is 162 g/mol. The van der Waals surface area contributed by atoms with Gasteiger partial charge in [-0.25, -0.2) is 0 Å². The molecular formula is C9H10N2O. The summed E-state index contributed by atoms with van der Waals surface area (Å²) in [5.74, 6) is 0. The molecule has 0 unspecified atom stereocenters. The maximum Gasteiger partial charge on any atom is 0.167 e. The second-order valence-electron chi connectivity index (χ2n) is 2.83. The van der Waals surface area contributed by atoms with E-state index in [9.17, 15) is 0 Å². The molecule has 1 heterocycles. The Kier molecular flexibility index (Phi) is 1.59. The fraction of sp³-hybridized carbons (Fsp3) is 0.222. The topological polar surface area (TPSA) is 52.0 Å². The molecule has 0 bridgehead atoms. The highest BCUT2D eigenvalue weighted by molar-refractivity contribution is 5.79. The van der Waals surface area contributed by atoms with E-state index in [1.807, 2.05) is 25.1 Å². The zero-order valence-electron chi connectivity index (χ0n) is 6.87. The highest BCUT2D eigenvalue weighted by atomic mass is 16.5. The van der Waals surface area contributed by atoms with E-state index < -0.39 is 0 Å². The van der Waals surface area contributed by atoms with Crippen molar-refractivity contribution >= 4 is 11.0 Å². The van der Waals surface area contributed by atoms with Gasteiger partial charge in [0, 0.05) is 11.9 Å². The van der Waals surface area contributed by atoms with Gasteiger partial charge in [-0.2, -0.15) is 0 Å². The fourth-order valence-corrected chi connectivity index (χ4v) is 1.24. The van der Waals surface area contributed by atoms with E-state index in [-0.39, 0.29) is 0 Å². The van der Waals surface area contributed by atoms with Crippen LogP contribution in [0.2, 0.25) is 0 Å². The fourth-order valence-electron chi connectivity index (χ4n) is 1.24.